The van der Waals surface area contributed by atoms with Crippen LogP contribution in [0.25, 0.3) is 17.1 Å². The molecule has 1 saturated carbocycles. The summed E-state index contributed by atoms with van der Waals surface area (Å²) in [7, 11) is -3.81. The van der Waals surface area contributed by atoms with Gasteiger partial charge in [-0.1, -0.05) is 43.7 Å². The molecule has 1 saturated heterocycles. The second kappa shape index (κ2) is 13.2. The maximum Gasteiger partial charge on any atom is 0.573 e. The van der Waals surface area contributed by atoms with Crippen LogP contribution < -0.4 is 10.1 Å². The molecule has 0 spiro atoms. The highest BCUT2D eigenvalue weighted by molar-refractivity contribution is 7.99. The minimum absolute atomic E-state index is 0.0437. The predicted octanol–water partition coefficient (Wildman–Crippen LogP) is 4.64. The van der Waals surface area contributed by atoms with Crippen LogP contribution in [-0.2, 0) is 19.6 Å². The first kappa shape index (κ1) is 31.3. The number of aromatic nitrogens is 3. The molecule has 1 aliphatic heterocycles. The van der Waals surface area contributed by atoms with Gasteiger partial charge in [0.25, 0.3) is 0 Å². The number of thioether (sulfide) groups is 1. The van der Waals surface area contributed by atoms with Gasteiger partial charge in [0.1, 0.15) is 5.75 Å². The van der Waals surface area contributed by atoms with Crippen molar-refractivity contribution < 1.29 is 35.9 Å². The lowest BCUT2D eigenvalue weighted by Gasteiger charge is -2.29. The molecule has 10 nitrogen and oxygen atoms in total. The van der Waals surface area contributed by atoms with Crippen LogP contribution in [0.4, 0.5) is 13.2 Å². The summed E-state index contributed by atoms with van der Waals surface area (Å²) in [5, 5.41) is 12.0. The van der Waals surface area contributed by atoms with Crippen molar-refractivity contribution in [1.82, 2.24) is 24.4 Å². The largest absolute Gasteiger partial charge is 0.573 e. The number of rotatable bonds is 9. The van der Waals surface area contributed by atoms with Crippen LogP contribution in [0.2, 0.25) is 0 Å². The molecule has 1 amide bonds. The number of carbonyl (C=O) groups excluding carboxylic acids is 1. The summed E-state index contributed by atoms with van der Waals surface area (Å²) >= 11 is 1.13. The molecule has 2 heterocycles. The van der Waals surface area contributed by atoms with Crippen molar-refractivity contribution in [2.45, 2.75) is 55.1 Å². The van der Waals surface area contributed by atoms with Crippen LogP contribution in [0.3, 0.4) is 0 Å². The first-order chi connectivity index (χ1) is 20.5. The van der Waals surface area contributed by atoms with Crippen LogP contribution in [0.5, 0.6) is 5.75 Å². The second-order valence-corrected chi connectivity index (χ2v) is 13.3. The molecule has 0 radical (unpaired) electrons. The monoisotopic (exact) mass is 639 g/mol. The summed E-state index contributed by atoms with van der Waals surface area (Å²) in [4.78, 5) is 12.9. The van der Waals surface area contributed by atoms with Crippen molar-refractivity contribution in [2.24, 2.45) is 5.92 Å². The predicted molar refractivity (Wildman–Crippen MR) is 153 cm³/mol. The number of morpholine rings is 1. The van der Waals surface area contributed by atoms with Crippen LogP contribution in [-0.4, -0.2) is 77.9 Å². The number of carbonyl (C=O) groups is 1. The molecular formula is C28H32F3N5O5S2. The molecule has 2 fully saturated rings. The lowest BCUT2D eigenvalue weighted by atomic mass is 9.86. The molecule has 1 aromatic heterocycles. The molecule has 232 valence electrons. The van der Waals surface area contributed by atoms with E-state index in [0.29, 0.717) is 35.5 Å². The number of benzene rings is 2. The van der Waals surface area contributed by atoms with E-state index in [-0.39, 0.29) is 41.5 Å². The molecule has 5 rings (SSSR count). The van der Waals surface area contributed by atoms with Gasteiger partial charge in [-0.2, -0.15) is 4.31 Å². The van der Waals surface area contributed by atoms with Crippen LogP contribution in [0, 0.1) is 5.92 Å². The second-order valence-electron chi connectivity index (χ2n) is 10.5. The molecule has 15 heteroatoms. The summed E-state index contributed by atoms with van der Waals surface area (Å²) in [6.07, 6.45) is -0.650. The van der Waals surface area contributed by atoms with E-state index < -0.39 is 22.1 Å². The zero-order chi connectivity index (χ0) is 30.6. The maximum absolute atomic E-state index is 13.3. The fourth-order valence-corrected chi connectivity index (χ4v) is 7.44. The Labute approximate surface area is 252 Å². The third-order valence-electron chi connectivity index (χ3n) is 7.45. The van der Waals surface area contributed by atoms with Gasteiger partial charge in [0, 0.05) is 30.4 Å². The lowest BCUT2D eigenvalue weighted by Crippen LogP contribution is -2.41. The summed E-state index contributed by atoms with van der Waals surface area (Å²) in [5.74, 6) is 0.123. The van der Waals surface area contributed by atoms with Crippen LogP contribution in [0.1, 0.15) is 32.6 Å². The highest BCUT2D eigenvalue weighted by Gasteiger charge is 2.31. The van der Waals surface area contributed by atoms with Crippen molar-refractivity contribution in [2.75, 3.05) is 32.1 Å². The van der Waals surface area contributed by atoms with E-state index >= 15 is 0 Å². The minimum atomic E-state index is -4.85. The van der Waals surface area contributed by atoms with E-state index in [1.165, 1.54) is 28.6 Å². The van der Waals surface area contributed by atoms with Gasteiger partial charge in [0.2, 0.25) is 15.9 Å². The van der Waals surface area contributed by atoms with Crippen molar-refractivity contribution in [3.05, 3.63) is 48.5 Å². The average Bonchev–Trinajstić information content (AvgIpc) is 3.41. The SMILES string of the molecule is C[C@H]1CCCC[C@H]1NC(=O)CSc1nnc(-c2cccc(S(=O)(=O)N3CCOCC3)c2)n1-c1ccc(OC(F)(F)F)cc1. The topological polar surface area (TPSA) is 116 Å². The third-order valence-corrected chi connectivity index (χ3v) is 10.3. The van der Waals surface area contributed by atoms with Crippen LogP contribution in [0.15, 0.2) is 58.6 Å². The number of hydrogen-bond acceptors (Lipinski definition) is 8. The van der Waals surface area contributed by atoms with Gasteiger partial charge in [0.15, 0.2) is 11.0 Å². The minimum Gasteiger partial charge on any atom is -0.406 e. The van der Waals surface area contributed by atoms with Crippen molar-refractivity contribution in [1.29, 1.82) is 0 Å². The first-order valence-electron chi connectivity index (χ1n) is 13.9. The summed E-state index contributed by atoms with van der Waals surface area (Å²) < 4.78 is 77.1. The zero-order valence-corrected chi connectivity index (χ0v) is 25.1. The Bertz CT molecular complexity index is 1530. The van der Waals surface area contributed by atoms with Crippen LogP contribution >= 0.6 is 11.8 Å². The molecule has 0 bridgehead atoms. The molecule has 2 aromatic carbocycles. The number of nitrogens with zero attached hydrogens (tertiary/aromatic N) is 4. The smallest absolute Gasteiger partial charge is 0.406 e. The molecule has 1 N–H and O–H groups in total. The van der Waals surface area contributed by atoms with Gasteiger partial charge >= 0.3 is 6.36 Å². The Morgan fingerprint density at radius 3 is 2.51 bits per heavy atom. The summed E-state index contributed by atoms with van der Waals surface area (Å²) in [5.41, 5.74) is 0.824. The highest BCUT2D eigenvalue weighted by atomic mass is 32.2. The van der Waals surface area contributed by atoms with E-state index in [0.717, 1.165) is 49.6 Å². The Balaban J connectivity index is 1.45. The van der Waals surface area contributed by atoms with Crippen molar-refractivity contribution >= 4 is 27.7 Å². The first-order valence-corrected chi connectivity index (χ1v) is 16.4. The summed E-state index contributed by atoms with van der Waals surface area (Å²) in [6.45, 7) is 3.19. The van der Waals surface area contributed by atoms with E-state index in [2.05, 4.69) is 27.2 Å². The van der Waals surface area contributed by atoms with E-state index in [4.69, 9.17) is 4.74 Å². The Morgan fingerprint density at radius 2 is 1.81 bits per heavy atom. The average molecular weight is 640 g/mol. The van der Waals surface area contributed by atoms with Crippen molar-refractivity contribution in [3.63, 3.8) is 0 Å². The van der Waals surface area contributed by atoms with Crippen molar-refractivity contribution in [3.8, 4) is 22.8 Å². The number of ether oxygens (including phenoxy) is 2. The Hall–Kier alpha value is -3.14. The van der Waals surface area contributed by atoms with E-state index in [1.807, 2.05) is 0 Å². The molecule has 2 atom stereocenters. The number of alkyl halides is 3. The van der Waals surface area contributed by atoms with Gasteiger partial charge in [-0.25, -0.2) is 8.42 Å². The maximum atomic E-state index is 13.3. The molecule has 2 aliphatic rings. The van der Waals surface area contributed by atoms with Gasteiger partial charge < -0.3 is 14.8 Å². The van der Waals surface area contributed by atoms with E-state index in [9.17, 15) is 26.4 Å². The standard InChI is InChI=1S/C28H32F3N5O5S2/c1-19-5-2-3-8-24(19)32-25(37)18-42-27-34-33-26(36(27)21-9-11-22(12-10-21)41-28(29,30)31)20-6-4-7-23(17-20)43(38,39)35-13-15-40-16-14-35/h4,6-7,9-12,17,19,24H,2-3,5,8,13-16,18H2,1H3,(H,32,37)/t19-,24+/m0/s1. The third kappa shape index (κ3) is 7.69. The highest BCUT2D eigenvalue weighted by Crippen LogP contribution is 2.32. The lowest BCUT2D eigenvalue weighted by molar-refractivity contribution is -0.274. The van der Waals surface area contributed by atoms with Gasteiger partial charge in [-0.15, -0.1) is 23.4 Å². The molecule has 43 heavy (non-hydrogen) atoms. The zero-order valence-electron chi connectivity index (χ0n) is 23.4. The number of sulfonamides is 1. The molecule has 0 unspecified atom stereocenters. The summed E-state index contributed by atoms with van der Waals surface area (Å²) in [6, 6.07) is 11.5. The molecular weight excluding hydrogens is 607 g/mol. The Morgan fingerprint density at radius 1 is 1.09 bits per heavy atom. The number of nitrogens with one attached hydrogen (secondary N) is 1. The van der Waals surface area contributed by atoms with Gasteiger partial charge in [0.05, 0.1) is 23.9 Å². The normalized spacial score (nSPS) is 20.1. The molecule has 1 aliphatic carbocycles. The molecule has 3 aromatic rings. The quantitative estimate of drug-likeness (QED) is 0.337. The fraction of sp³-hybridized carbons (Fsp3) is 0.464. The Kier molecular flexibility index (Phi) is 9.63. The number of amides is 1. The van der Waals surface area contributed by atoms with E-state index in [1.54, 1.807) is 16.7 Å². The number of halogens is 3. The fourth-order valence-electron chi connectivity index (χ4n) is 5.22. The van der Waals surface area contributed by atoms with Gasteiger partial charge in [-0.3, -0.25) is 9.36 Å². The number of hydrogen-bond donors (Lipinski definition) is 1. The van der Waals surface area contributed by atoms with Gasteiger partial charge in [-0.05, 0) is 55.2 Å².